The number of piperazine rings is 1. The molecule has 1 fully saturated rings. The Hall–Kier alpha value is -2.12. The maximum atomic E-state index is 4.55. The van der Waals surface area contributed by atoms with Gasteiger partial charge in [-0.2, -0.15) is 5.10 Å². The minimum Gasteiger partial charge on any atom is -0.353 e. The van der Waals surface area contributed by atoms with E-state index in [1.165, 1.54) is 11.1 Å². The minimum atomic E-state index is 0.816. The highest BCUT2D eigenvalue weighted by Crippen LogP contribution is 2.30. The quantitative estimate of drug-likeness (QED) is 0.727. The Bertz CT molecular complexity index is 869. The van der Waals surface area contributed by atoms with Gasteiger partial charge >= 0.3 is 0 Å². The lowest BCUT2D eigenvalue weighted by Crippen LogP contribution is -2.46. The van der Waals surface area contributed by atoms with Crippen LogP contribution in [-0.4, -0.2) is 57.5 Å². The van der Waals surface area contributed by atoms with Crippen LogP contribution < -0.4 is 4.90 Å². The monoisotopic (exact) mass is 354 g/mol. The molecule has 0 spiro atoms. The first-order valence-corrected chi connectivity index (χ1v) is 9.73. The maximum Gasteiger partial charge on any atom is 0.161 e. The summed E-state index contributed by atoms with van der Waals surface area (Å²) in [6, 6.07) is 8.78. The number of benzene rings is 1. The number of aromatic nitrogens is 4. The van der Waals surface area contributed by atoms with Gasteiger partial charge in [-0.05, 0) is 18.7 Å². The van der Waals surface area contributed by atoms with Gasteiger partial charge in [-0.15, -0.1) is 11.8 Å². The van der Waals surface area contributed by atoms with Gasteiger partial charge in [-0.3, -0.25) is 10.00 Å². The molecule has 0 amide bonds. The fourth-order valence-corrected chi connectivity index (χ4v) is 3.92. The second kappa shape index (κ2) is 7.01. The molecule has 25 heavy (non-hydrogen) atoms. The molecule has 130 valence electrons. The van der Waals surface area contributed by atoms with E-state index in [1.54, 1.807) is 18.1 Å². The first-order chi connectivity index (χ1) is 12.2. The fourth-order valence-electron chi connectivity index (χ4n) is 3.39. The molecule has 0 atom stereocenters. The van der Waals surface area contributed by atoms with Gasteiger partial charge < -0.3 is 4.90 Å². The van der Waals surface area contributed by atoms with Crippen LogP contribution in [0.3, 0.4) is 0 Å². The normalized spacial score (nSPS) is 15.8. The third-order valence-corrected chi connectivity index (χ3v) is 5.34. The molecule has 1 N–H and O–H groups in total. The Balaban J connectivity index is 1.48. The number of thioether (sulfide) groups is 1. The molecule has 0 unspecified atom stereocenters. The molecule has 2 aromatic heterocycles. The summed E-state index contributed by atoms with van der Waals surface area (Å²) < 4.78 is 0. The van der Waals surface area contributed by atoms with Crippen LogP contribution in [0.4, 0.5) is 5.82 Å². The second-order valence-corrected chi connectivity index (χ2v) is 7.20. The molecule has 6 nitrogen and oxygen atoms in total. The Morgan fingerprint density at radius 3 is 2.76 bits per heavy atom. The third kappa shape index (κ3) is 3.34. The van der Waals surface area contributed by atoms with Crippen LogP contribution in [0.25, 0.3) is 11.0 Å². The molecular formula is C18H22N6S. The van der Waals surface area contributed by atoms with E-state index in [4.69, 9.17) is 0 Å². The Labute approximate surface area is 151 Å². The van der Waals surface area contributed by atoms with Gasteiger partial charge in [0.25, 0.3) is 0 Å². The number of nitrogens with one attached hydrogen (secondary N) is 1. The summed E-state index contributed by atoms with van der Waals surface area (Å²) in [5.41, 5.74) is 3.53. The SMILES string of the molecule is CSc1n[nH]c2ncnc(N3CCN(Cc4cccc(C)c4)CC3)c12. The molecule has 0 saturated carbocycles. The zero-order valence-electron chi connectivity index (χ0n) is 14.6. The highest BCUT2D eigenvalue weighted by Gasteiger charge is 2.22. The number of nitrogens with zero attached hydrogens (tertiary/aromatic N) is 5. The standard InChI is InChI=1S/C18H22N6S/c1-13-4-3-5-14(10-13)11-23-6-8-24(9-7-23)17-15-16(19-12-20-17)21-22-18(15)25-2/h3-5,10,12H,6-9,11H2,1-2H3,(H,19,20,21,22). The lowest BCUT2D eigenvalue weighted by Gasteiger charge is -2.35. The molecule has 0 bridgehead atoms. The minimum absolute atomic E-state index is 0.816. The molecule has 3 heterocycles. The lowest BCUT2D eigenvalue weighted by atomic mass is 10.1. The van der Waals surface area contributed by atoms with Crippen molar-refractivity contribution in [1.29, 1.82) is 0 Å². The first kappa shape index (κ1) is 16.4. The van der Waals surface area contributed by atoms with Crippen molar-refractivity contribution in [2.24, 2.45) is 0 Å². The number of hydrogen-bond donors (Lipinski definition) is 1. The average molecular weight is 354 g/mol. The van der Waals surface area contributed by atoms with Crippen molar-refractivity contribution in [2.75, 3.05) is 37.3 Å². The highest BCUT2D eigenvalue weighted by atomic mass is 32.2. The van der Waals surface area contributed by atoms with Gasteiger partial charge in [0.2, 0.25) is 0 Å². The van der Waals surface area contributed by atoms with Crippen molar-refractivity contribution in [3.8, 4) is 0 Å². The molecule has 0 aliphatic carbocycles. The van der Waals surface area contributed by atoms with E-state index in [-0.39, 0.29) is 0 Å². The summed E-state index contributed by atoms with van der Waals surface area (Å²) in [6.07, 6.45) is 3.66. The summed E-state index contributed by atoms with van der Waals surface area (Å²) in [5, 5.41) is 9.36. The van der Waals surface area contributed by atoms with Crippen LogP contribution in [0.15, 0.2) is 35.6 Å². The van der Waals surface area contributed by atoms with Crippen molar-refractivity contribution in [2.45, 2.75) is 18.5 Å². The maximum absolute atomic E-state index is 4.55. The topological polar surface area (TPSA) is 60.9 Å². The van der Waals surface area contributed by atoms with E-state index in [9.17, 15) is 0 Å². The van der Waals surface area contributed by atoms with Crippen molar-refractivity contribution in [3.63, 3.8) is 0 Å². The average Bonchev–Trinajstić information content (AvgIpc) is 3.06. The van der Waals surface area contributed by atoms with E-state index in [0.717, 1.165) is 54.6 Å². The van der Waals surface area contributed by atoms with Gasteiger partial charge in [0.1, 0.15) is 17.2 Å². The zero-order chi connectivity index (χ0) is 17.2. The number of hydrogen-bond acceptors (Lipinski definition) is 6. The Morgan fingerprint density at radius 2 is 2.00 bits per heavy atom. The van der Waals surface area contributed by atoms with Crippen molar-refractivity contribution >= 4 is 28.6 Å². The van der Waals surface area contributed by atoms with Crippen LogP contribution >= 0.6 is 11.8 Å². The summed E-state index contributed by atoms with van der Waals surface area (Å²) in [4.78, 5) is 13.7. The molecule has 4 rings (SSSR count). The molecule has 1 aromatic carbocycles. The van der Waals surface area contributed by atoms with E-state index in [1.807, 2.05) is 6.26 Å². The van der Waals surface area contributed by atoms with Gasteiger partial charge in [0.05, 0.1) is 5.39 Å². The van der Waals surface area contributed by atoms with E-state index >= 15 is 0 Å². The molecule has 3 aromatic rings. The van der Waals surface area contributed by atoms with Crippen molar-refractivity contribution < 1.29 is 0 Å². The predicted molar refractivity (Wildman–Crippen MR) is 102 cm³/mol. The Kier molecular flexibility index (Phi) is 4.59. The molecule has 7 heteroatoms. The number of fused-ring (bicyclic) bond motifs is 1. The number of aryl methyl sites for hydroxylation is 1. The van der Waals surface area contributed by atoms with Crippen molar-refractivity contribution in [1.82, 2.24) is 25.1 Å². The third-order valence-electron chi connectivity index (χ3n) is 4.66. The van der Waals surface area contributed by atoms with Crippen LogP contribution in [0.1, 0.15) is 11.1 Å². The van der Waals surface area contributed by atoms with Gasteiger partial charge in [-0.1, -0.05) is 29.8 Å². The summed E-state index contributed by atoms with van der Waals surface area (Å²) in [5.74, 6) is 0.998. The van der Waals surface area contributed by atoms with Crippen LogP contribution in [0.5, 0.6) is 0 Å². The zero-order valence-corrected chi connectivity index (χ0v) is 15.4. The number of aromatic amines is 1. The summed E-state index contributed by atoms with van der Waals surface area (Å²) in [6.45, 7) is 7.16. The Morgan fingerprint density at radius 1 is 1.16 bits per heavy atom. The molecule has 0 radical (unpaired) electrons. The van der Waals surface area contributed by atoms with Gasteiger partial charge in [0, 0.05) is 32.7 Å². The van der Waals surface area contributed by atoms with E-state index in [0.29, 0.717) is 0 Å². The number of rotatable bonds is 4. The van der Waals surface area contributed by atoms with Gasteiger partial charge in [0.15, 0.2) is 5.65 Å². The summed E-state index contributed by atoms with van der Waals surface area (Å²) >= 11 is 1.63. The van der Waals surface area contributed by atoms with Crippen LogP contribution in [0.2, 0.25) is 0 Å². The molecule has 1 aliphatic rings. The largest absolute Gasteiger partial charge is 0.353 e. The van der Waals surface area contributed by atoms with E-state index in [2.05, 4.69) is 61.2 Å². The van der Waals surface area contributed by atoms with Crippen LogP contribution in [0, 0.1) is 6.92 Å². The fraction of sp³-hybridized carbons (Fsp3) is 0.389. The molecule has 1 saturated heterocycles. The second-order valence-electron chi connectivity index (χ2n) is 6.41. The van der Waals surface area contributed by atoms with E-state index < -0.39 is 0 Å². The molecule has 1 aliphatic heterocycles. The van der Waals surface area contributed by atoms with Crippen LogP contribution in [-0.2, 0) is 6.54 Å². The first-order valence-electron chi connectivity index (χ1n) is 8.50. The number of anilines is 1. The van der Waals surface area contributed by atoms with Gasteiger partial charge in [-0.25, -0.2) is 9.97 Å². The van der Waals surface area contributed by atoms with Crippen molar-refractivity contribution in [3.05, 3.63) is 41.7 Å². The lowest BCUT2D eigenvalue weighted by molar-refractivity contribution is 0.249. The smallest absolute Gasteiger partial charge is 0.161 e. The highest BCUT2D eigenvalue weighted by molar-refractivity contribution is 7.98. The summed E-state index contributed by atoms with van der Waals surface area (Å²) in [7, 11) is 0. The number of H-pyrrole nitrogens is 1. The molecular weight excluding hydrogens is 332 g/mol. The predicted octanol–water partition coefficient (Wildman–Crippen LogP) is 2.71.